The normalized spacial score (nSPS) is 34.5. The van der Waals surface area contributed by atoms with E-state index in [1.165, 1.54) is 30.6 Å². The van der Waals surface area contributed by atoms with E-state index < -0.39 is 0 Å². The van der Waals surface area contributed by atoms with Crippen LogP contribution in [-0.2, 0) is 0 Å². The summed E-state index contributed by atoms with van der Waals surface area (Å²) in [6, 6.07) is 4.77. The number of nitrogens with one attached hydrogen (secondary N) is 1. The molecule has 2 aliphatic rings. The predicted molar refractivity (Wildman–Crippen MR) is 70.1 cm³/mol. The second-order valence-corrected chi connectivity index (χ2v) is 6.84. The summed E-state index contributed by atoms with van der Waals surface area (Å²) < 4.78 is 0.916. The molecule has 0 bridgehead atoms. The number of hydrogen-bond acceptors (Lipinski definition) is 2. The van der Waals surface area contributed by atoms with E-state index >= 15 is 0 Å². The summed E-state index contributed by atoms with van der Waals surface area (Å²) >= 11 is 7.77. The maximum atomic E-state index is 6.03. The summed E-state index contributed by atoms with van der Waals surface area (Å²) in [5.41, 5.74) is 0. The standard InChI is InChI=1S/C13H18ClNS/c1-15-13(10-6-7-11(14)16-10)12-8-4-2-3-5-9(8)12/h6-9,12-13,15H,2-5H2,1H3. The zero-order chi connectivity index (χ0) is 11.1. The molecule has 2 saturated carbocycles. The topological polar surface area (TPSA) is 12.0 Å². The Morgan fingerprint density at radius 3 is 2.50 bits per heavy atom. The Kier molecular flexibility index (Phi) is 2.99. The van der Waals surface area contributed by atoms with E-state index in [1.807, 2.05) is 6.07 Å². The Balaban J connectivity index is 1.77. The molecule has 3 unspecified atom stereocenters. The minimum Gasteiger partial charge on any atom is -0.312 e. The number of thiophene rings is 1. The van der Waals surface area contributed by atoms with E-state index in [9.17, 15) is 0 Å². The van der Waals surface area contributed by atoms with Crippen LogP contribution < -0.4 is 5.32 Å². The Labute approximate surface area is 106 Å². The Morgan fingerprint density at radius 1 is 1.31 bits per heavy atom. The summed E-state index contributed by atoms with van der Waals surface area (Å²) in [4.78, 5) is 1.42. The molecule has 1 aromatic rings. The third-order valence-corrected chi connectivity index (χ3v) is 5.63. The number of fused-ring (bicyclic) bond motifs is 1. The van der Waals surface area contributed by atoms with Crippen molar-refractivity contribution in [2.75, 3.05) is 7.05 Å². The molecule has 0 saturated heterocycles. The second-order valence-electron chi connectivity index (χ2n) is 5.10. The molecule has 3 heteroatoms. The molecule has 2 fully saturated rings. The second kappa shape index (κ2) is 4.32. The van der Waals surface area contributed by atoms with Crippen LogP contribution in [-0.4, -0.2) is 7.05 Å². The van der Waals surface area contributed by atoms with Crippen molar-refractivity contribution in [3.63, 3.8) is 0 Å². The van der Waals surface area contributed by atoms with Crippen molar-refractivity contribution in [2.45, 2.75) is 31.7 Å². The first-order valence-electron chi connectivity index (χ1n) is 6.24. The minimum atomic E-state index is 0.547. The molecule has 1 N–H and O–H groups in total. The highest BCUT2D eigenvalue weighted by Gasteiger charge is 2.54. The van der Waals surface area contributed by atoms with Gasteiger partial charge in [0, 0.05) is 10.9 Å². The smallest absolute Gasteiger partial charge is 0.0931 e. The number of hydrogen-bond donors (Lipinski definition) is 1. The van der Waals surface area contributed by atoms with Gasteiger partial charge < -0.3 is 5.32 Å². The van der Waals surface area contributed by atoms with Gasteiger partial charge in [0.25, 0.3) is 0 Å². The molecular weight excluding hydrogens is 238 g/mol. The van der Waals surface area contributed by atoms with Gasteiger partial charge in [0.2, 0.25) is 0 Å². The quantitative estimate of drug-likeness (QED) is 0.858. The highest BCUT2D eigenvalue weighted by atomic mass is 35.5. The van der Waals surface area contributed by atoms with Gasteiger partial charge in [0.1, 0.15) is 0 Å². The Bertz CT molecular complexity index is 364. The lowest BCUT2D eigenvalue weighted by Gasteiger charge is -2.14. The van der Waals surface area contributed by atoms with E-state index in [0.717, 1.165) is 22.1 Å². The molecule has 2 aliphatic carbocycles. The summed E-state index contributed by atoms with van der Waals surface area (Å²) in [5, 5.41) is 3.50. The third-order valence-electron chi connectivity index (χ3n) is 4.32. The van der Waals surface area contributed by atoms with Gasteiger partial charge in [-0.3, -0.25) is 0 Å². The van der Waals surface area contributed by atoms with E-state index in [4.69, 9.17) is 11.6 Å². The lowest BCUT2D eigenvalue weighted by Crippen LogP contribution is -2.18. The summed E-state index contributed by atoms with van der Waals surface area (Å²) in [6.45, 7) is 0. The zero-order valence-corrected chi connectivity index (χ0v) is 11.2. The lowest BCUT2D eigenvalue weighted by atomic mass is 10.0. The fourth-order valence-electron chi connectivity index (χ4n) is 3.56. The van der Waals surface area contributed by atoms with Crippen molar-refractivity contribution >= 4 is 22.9 Å². The molecule has 1 aromatic heterocycles. The van der Waals surface area contributed by atoms with Gasteiger partial charge in [0.05, 0.1) is 4.34 Å². The van der Waals surface area contributed by atoms with Crippen LogP contribution in [0.1, 0.15) is 36.6 Å². The zero-order valence-electron chi connectivity index (χ0n) is 9.58. The van der Waals surface area contributed by atoms with Crippen LogP contribution in [0.4, 0.5) is 0 Å². The van der Waals surface area contributed by atoms with E-state index in [-0.39, 0.29) is 0 Å². The highest BCUT2D eigenvalue weighted by molar-refractivity contribution is 7.16. The summed E-state index contributed by atoms with van der Waals surface area (Å²) in [7, 11) is 2.09. The van der Waals surface area contributed by atoms with Crippen molar-refractivity contribution in [1.29, 1.82) is 0 Å². The van der Waals surface area contributed by atoms with Crippen molar-refractivity contribution in [2.24, 2.45) is 17.8 Å². The van der Waals surface area contributed by atoms with Gasteiger partial charge in [-0.15, -0.1) is 11.3 Å². The van der Waals surface area contributed by atoms with Crippen molar-refractivity contribution < 1.29 is 0 Å². The van der Waals surface area contributed by atoms with Crippen LogP contribution in [0, 0.1) is 17.8 Å². The summed E-state index contributed by atoms with van der Waals surface area (Å²) in [6.07, 6.45) is 5.79. The molecular formula is C13H18ClNS. The van der Waals surface area contributed by atoms with Crippen molar-refractivity contribution in [3.8, 4) is 0 Å². The van der Waals surface area contributed by atoms with Crippen LogP contribution in [0.3, 0.4) is 0 Å². The molecule has 1 nitrogen and oxygen atoms in total. The molecule has 88 valence electrons. The third kappa shape index (κ3) is 1.81. The maximum Gasteiger partial charge on any atom is 0.0931 e. The van der Waals surface area contributed by atoms with Gasteiger partial charge in [0.15, 0.2) is 0 Å². The van der Waals surface area contributed by atoms with E-state index in [2.05, 4.69) is 18.4 Å². The van der Waals surface area contributed by atoms with Gasteiger partial charge in [-0.2, -0.15) is 0 Å². The van der Waals surface area contributed by atoms with Gasteiger partial charge in [-0.25, -0.2) is 0 Å². The molecule has 0 amide bonds. The predicted octanol–water partition coefficient (Wildman–Crippen LogP) is 4.10. The van der Waals surface area contributed by atoms with Crippen LogP contribution in [0.15, 0.2) is 12.1 Å². The molecule has 16 heavy (non-hydrogen) atoms. The molecule has 3 rings (SSSR count). The van der Waals surface area contributed by atoms with Crippen LogP contribution in [0.5, 0.6) is 0 Å². The first-order valence-corrected chi connectivity index (χ1v) is 7.43. The van der Waals surface area contributed by atoms with Gasteiger partial charge in [-0.05, 0) is 49.8 Å². The SMILES string of the molecule is CNC(c1ccc(Cl)s1)C1C2CCCCC21. The van der Waals surface area contributed by atoms with Crippen LogP contribution >= 0.6 is 22.9 Å². The Hall–Kier alpha value is -0.0500. The van der Waals surface area contributed by atoms with E-state index in [0.29, 0.717) is 6.04 Å². The Morgan fingerprint density at radius 2 is 2.00 bits per heavy atom. The van der Waals surface area contributed by atoms with E-state index in [1.54, 1.807) is 11.3 Å². The maximum absolute atomic E-state index is 6.03. The molecule has 1 heterocycles. The monoisotopic (exact) mass is 255 g/mol. The largest absolute Gasteiger partial charge is 0.312 e. The molecule has 0 radical (unpaired) electrons. The molecule has 3 atom stereocenters. The molecule has 0 spiro atoms. The first-order chi connectivity index (χ1) is 7.81. The minimum absolute atomic E-state index is 0.547. The van der Waals surface area contributed by atoms with Crippen molar-refractivity contribution in [3.05, 3.63) is 21.3 Å². The highest BCUT2D eigenvalue weighted by Crippen LogP contribution is 2.60. The number of halogens is 1. The average molecular weight is 256 g/mol. The average Bonchev–Trinajstić information content (AvgIpc) is 2.86. The summed E-state index contributed by atoms with van der Waals surface area (Å²) in [5.74, 6) is 2.86. The number of rotatable bonds is 3. The fraction of sp³-hybridized carbons (Fsp3) is 0.692. The van der Waals surface area contributed by atoms with Gasteiger partial charge in [-0.1, -0.05) is 24.4 Å². The molecule has 0 aliphatic heterocycles. The van der Waals surface area contributed by atoms with Gasteiger partial charge >= 0.3 is 0 Å². The molecule has 0 aromatic carbocycles. The first kappa shape index (κ1) is 11.1. The fourth-order valence-corrected chi connectivity index (χ4v) is 4.79. The van der Waals surface area contributed by atoms with Crippen LogP contribution in [0.25, 0.3) is 0 Å². The van der Waals surface area contributed by atoms with Crippen LogP contribution in [0.2, 0.25) is 4.34 Å². The lowest BCUT2D eigenvalue weighted by molar-refractivity contribution is 0.480. The van der Waals surface area contributed by atoms with Crippen molar-refractivity contribution in [1.82, 2.24) is 5.32 Å².